The first-order valence-electron chi connectivity index (χ1n) is 9.04. The van der Waals surface area contributed by atoms with Crippen LogP contribution in [0.2, 0.25) is 0 Å². The lowest BCUT2D eigenvalue weighted by molar-refractivity contribution is 0.181. The van der Waals surface area contributed by atoms with Gasteiger partial charge < -0.3 is 14.4 Å². The lowest BCUT2D eigenvalue weighted by atomic mass is 10.1. The maximum absolute atomic E-state index is 5.93. The summed E-state index contributed by atoms with van der Waals surface area (Å²) in [6.45, 7) is 4.78. The molecule has 0 N–H and O–H groups in total. The van der Waals surface area contributed by atoms with E-state index in [0.29, 0.717) is 6.04 Å². The van der Waals surface area contributed by atoms with Crippen molar-refractivity contribution >= 4 is 29.0 Å². The Balaban J connectivity index is 0.00000182. The zero-order chi connectivity index (χ0) is 16.5. The number of halogens is 1. The molecular formula is C20H27ClN2O2. The number of hydrogen-bond acceptors (Lipinski definition) is 4. The van der Waals surface area contributed by atoms with Crippen LogP contribution in [0, 0.1) is 12.8 Å². The molecule has 1 aromatic carbocycles. The van der Waals surface area contributed by atoms with Crippen molar-refractivity contribution < 1.29 is 9.47 Å². The van der Waals surface area contributed by atoms with Crippen LogP contribution in [0.5, 0.6) is 5.75 Å². The van der Waals surface area contributed by atoms with Crippen molar-refractivity contribution in [2.75, 3.05) is 31.8 Å². The number of pyridine rings is 1. The highest BCUT2D eigenvalue weighted by Crippen LogP contribution is 2.35. The SMILES string of the molecule is COCC1CCCN1c1cc(C)nc2cc(OCC3CC3)ccc12.Cl. The molecule has 1 aliphatic heterocycles. The Bertz CT molecular complexity index is 733. The van der Waals surface area contributed by atoms with Crippen molar-refractivity contribution in [2.45, 2.75) is 38.6 Å². The zero-order valence-electron chi connectivity index (χ0n) is 15.0. The highest BCUT2D eigenvalue weighted by Gasteiger charge is 2.26. The van der Waals surface area contributed by atoms with E-state index in [4.69, 9.17) is 14.5 Å². The molecule has 136 valence electrons. The number of rotatable bonds is 6. The quantitative estimate of drug-likeness (QED) is 0.764. The Labute approximate surface area is 155 Å². The van der Waals surface area contributed by atoms with Crippen LogP contribution in [0.4, 0.5) is 5.69 Å². The number of fused-ring (bicyclic) bond motifs is 1. The minimum Gasteiger partial charge on any atom is -0.493 e. The van der Waals surface area contributed by atoms with Crippen LogP contribution in [0.15, 0.2) is 24.3 Å². The number of hydrogen-bond donors (Lipinski definition) is 0. The molecule has 2 aromatic rings. The fourth-order valence-electron chi connectivity index (χ4n) is 3.66. The highest BCUT2D eigenvalue weighted by molar-refractivity contribution is 5.93. The lowest BCUT2D eigenvalue weighted by Gasteiger charge is -2.28. The van der Waals surface area contributed by atoms with Gasteiger partial charge >= 0.3 is 0 Å². The van der Waals surface area contributed by atoms with Crippen molar-refractivity contribution in [2.24, 2.45) is 5.92 Å². The first-order chi connectivity index (χ1) is 11.7. The fourth-order valence-corrected chi connectivity index (χ4v) is 3.66. The Morgan fingerprint density at radius 2 is 2.00 bits per heavy atom. The molecule has 25 heavy (non-hydrogen) atoms. The van der Waals surface area contributed by atoms with Crippen LogP contribution >= 0.6 is 12.4 Å². The molecule has 4 nitrogen and oxygen atoms in total. The van der Waals surface area contributed by atoms with E-state index in [-0.39, 0.29) is 12.4 Å². The first kappa shape index (κ1) is 18.3. The number of methoxy groups -OCH3 is 1. The van der Waals surface area contributed by atoms with Crippen molar-refractivity contribution in [3.8, 4) is 5.75 Å². The van der Waals surface area contributed by atoms with Gasteiger partial charge in [0.1, 0.15) is 5.75 Å². The normalized spacial score (nSPS) is 19.9. The Hall–Kier alpha value is -1.52. The summed E-state index contributed by atoms with van der Waals surface area (Å²) < 4.78 is 11.4. The van der Waals surface area contributed by atoms with Crippen LogP contribution in [0.1, 0.15) is 31.4 Å². The molecule has 4 rings (SSSR count). The third kappa shape index (κ3) is 4.01. The summed E-state index contributed by atoms with van der Waals surface area (Å²) in [4.78, 5) is 7.24. The molecule has 1 unspecified atom stereocenters. The number of anilines is 1. The minimum absolute atomic E-state index is 0. The molecule has 5 heteroatoms. The largest absolute Gasteiger partial charge is 0.493 e. The summed E-state index contributed by atoms with van der Waals surface area (Å²) >= 11 is 0. The number of benzene rings is 1. The Kier molecular flexibility index (Phi) is 5.70. The van der Waals surface area contributed by atoms with Crippen LogP contribution in [0.25, 0.3) is 10.9 Å². The summed E-state index contributed by atoms with van der Waals surface area (Å²) in [5.41, 5.74) is 3.37. The molecular weight excluding hydrogens is 336 g/mol. The molecule has 2 heterocycles. The van der Waals surface area contributed by atoms with E-state index in [9.17, 15) is 0 Å². The number of aromatic nitrogens is 1. The van der Waals surface area contributed by atoms with Crippen molar-refractivity contribution in [3.63, 3.8) is 0 Å². The molecule has 0 amide bonds. The summed E-state index contributed by atoms with van der Waals surface area (Å²) in [5, 5.41) is 1.21. The molecule has 1 aromatic heterocycles. The van der Waals surface area contributed by atoms with E-state index >= 15 is 0 Å². The predicted octanol–water partition coefficient (Wildman–Crippen LogP) is 4.37. The monoisotopic (exact) mass is 362 g/mol. The minimum atomic E-state index is 0. The molecule has 0 radical (unpaired) electrons. The standard InChI is InChI=1S/C20H26N2O2.ClH/c1-14-10-20(22-9-3-4-16(22)13-23-2)18-8-7-17(11-19(18)21-14)24-12-15-5-6-15;/h7-8,10-11,15-16H,3-6,9,12-13H2,1-2H3;1H. The van der Waals surface area contributed by atoms with E-state index < -0.39 is 0 Å². The molecule has 2 aliphatic rings. The molecule has 1 atom stereocenters. The first-order valence-corrected chi connectivity index (χ1v) is 9.04. The number of aryl methyl sites for hydroxylation is 1. The van der Waals surface area contributed by atoms with E-state index in [0.717, 1.165) is 42.6 Å². The van der Waals surface area contributed by atoms with E-state index in [2.05, 4.69) is 36.1 Å². The van der Waals surface area contributed by atoms with Crippen LogP contribution in [0.3, 0.4) is 0 Å². The average Bonchev–Trinajstić information content (AvgIpc) is 3.30. The third-order valence-electron chi connectivity index (χ3n) is 5.12. The van der Waals surface area contributed by atoms with Gasteiger partial charge in [0.05, 0.1) is 24.8 Å². The van der Waals surface area contributed by atoms with Crippen LogP contribution < -0.4 is 9.64 Å². The van der Waals surface area contributed by atoms with Gasteiger partial charge in [0, 0.05) is 36.5 Å². The summed E-state index contributed by atoms with van der Waals surface area (Å²) in [5.74, 6) is 1.70. The van der Waals surface area contributed by atoms with Gasteiger partial charge in [-0.25, -0.2) is 0 Å². The highest BCUT2D eigenvalue weighted by atomic mass is 35.5. The second-order valence-electron chi connectivity index (χ2n) is 7.16. The molecule has 0 bridgehead atoms. The van der Waals surface area contributed by atoms with Gasteiger partial charge in [-0.05, 0) is 56.7 Å². The topological polar surface area (TPSA) is 34.6 Å². The number of ether oxygens (including phenoxy) is 2. The maximum Gasteiger partial charge on any atom is 0.121 e. The smallest absolute Gasteiger partial charge is 0.121 e. The molecule has 1 aliphatic carbocycles. The van der Waals surface area contributed by atoms with Gasteiger partial charge in [-0.15, -0.1) is 12.4 Å². The summed E-state index contributed by atoms with van der Waals surface area (Å²) in [7, 11) is 1.79. The Morgan fingerprint density at radius 1 is 1.16 bits per heavy atom. The molecule has 2 fully saturated rings. The number of nitrogens with zero attached hydrogens (tertiary/aromatic N) is 2. The third-order valence-corrected chi connectivity index (χ3v) is 5.12. The van der Waals surface area contributed by atoms with Crippen molar-refractivity contribution in [1.29, 1.82) is 0 Å². The van der Waals surface area contributed by atoms with E-state index in [1.165, 1.54) is 36.8 Å². The zero-order valence-corrected chi connectivity index (χ0v) is 15.8. The van der Waals surface area contributed by atoms with Gasteiger partial charge in [-0.3, -0.25) is 4.98 Å². The van der Waals surface area contributed by atoms with Crippen molar-refractivity contribution in [1.82, 2.24) is 4.98 Å². The van der Waals surface area contributed by atoms with Gasteiger partial charge in [-0.1, -0.05) is 0 Å². The van der Waals surface area contributed by atoms with Crippen LogP contribution in [-0.4, -0.2) is 37.9 Å². The lowest BCUT2D eigenvalue weighted by Crippen LogP contribution is -2.33. The van der Waals surface area contributed by atoms with Gasteiger partial charge in [0.25, 0.3) is 0 Å². The van der Waals surface area contributed by atoms with Gasteiger partial charge in [0.15, 0.2) is 0 Å². The average molecular weight is 363 g/mol. The summed E-state index contributed by atoms with van der Waals surface area (Å²) in [6.07, 6.45) is 5.04. The fraction of sp³-hybridized carbons (Fsp3) is 0.550. The molecule has 1 saturated heterocycles. The summed E-state index contributed by atoms with van der Waals surface area (Å²) in [6, 6.07) is 9.02. The maximum atomic E-state index is 5.93. The van der Waals surface area contributed by atoms with E-state index in [1.54, 1.807) is 7.11 Å². The second kappa shape index (κ2) is 7.79. The second-order valence-corrected chi connectivity index (χ2v) is 7.16. The molecule has 1 saturated carbocycles. The van der Waals surface area contributed by atoms with Crippen molar-refractivity contribution in [3.05, 3.63) is 30.0 Å². The van der Waals surface area contributed by atoms with Gasteiger partial charge in [-0.2, -0.15) is 0 Å². The Morgan fingerprint density at radius 3 is 2.76 bits per heavy atom. The predicted molar refractivity (Wildman–Crippen MR) is 104 cm³/mol. The van der Waals surface area contributed by atoms with Crippen LogP contribution in [-0.2, 0) is 4.74 Å². The molecule has 0 spiro atoms. The van der Waals surface area contributed by atoms with Gasteiger partial charge in [0.2, 0.25) is 0 Å². The van der Waals surface area contributed by atoms with E-state index in [1.807, 2.05) is 0 Å².